The highest BCUT2D eigenvalue weighted by Crippen LogP contribution is 2.43. The summed E-state index contributed by atoms with van der Waals surface area (Å²) in [6.07, 6.45) is -4.64. The van der Waals surface area contributed by atoms with Crippen molar-refractivity contribution in [2.45, 2.75) is 38.9 Å². The third-order valence-corrected chi connectivity index (χ3v) is 7.08. The number of nitrogens with zero attached hydrogens (tertiary/aromatic N) is 3. The Kier molecular flexibility index (Phi) is 6.95. The largest absolute Gasteiger partial charge is 0.416 e. The molecule has 5 rings (SSSR count). The van der Waals surface area contributed by atoms with Crippen LogP contribution in [-0.2, 0) is 11.0 Å². The lowest BCUT2D eigenvalue weighted by molar-refractivity contribution is -0.137. The van der Waals surface area contributed by atoms with Crippen LogP contribution in [-0.4, -0.2) is 34.2 Å². The van der Waals surface area contributed by atoms with Crippen molar-refractivity contribution in [1.29, 1.82) is 0 Å². The molecule has 2 atom stereocenters. The van der Waals surface area contributed by atoms with E-state index in [4.69, 9.17) is 5.10 Å². The summed E-state index contributed by atoms with van der Waals surface area (Å²) in [7, 11) is 0. The van der Waals surface area contributed by atoms with Crippen LogP contribution in [0.1, 0.15) is 51.1 Å². The molecular weight excluding hydrogens is 524 g/mol. The average molecular weight is 551 g/mol. The first-order chi connectivity index (χ1) is 19.0. The van der Waals surface area contributed by atoms with Gasteiger partial charge in [-0.1, -0.05) is 35.9 Å². The van der Waals surface area contributed by atoms with Gasteiger partial charge in [-0.2, -0.15) is 18.3 Å². The Bertz CT molecular complexity index is 1580. The van der Waals surface area contributed by atoms with Gasteiger partial charge >= 0.3 is 6.18 Å². The van der Waals surface area contributed by atoms with E-state index in [1.165, 1.54) is 35.2 Å². The van der Waals surface area contributed by atoms with Crippen LogP contribution in [0.3, 0.4) is 0 Å². The van der Waals surface area contributed by atoms with E-state index in [0.29, 0.717) is 22.6 Å². The van der Waals surface area contributed by atoms with E-state index in [2.05, 4.69) is 5.32 Å². The molecule has 6 nitrogen and oxygen atoms in total. The van der Waals surface area contributed by atoms with Crippen LogP contribution in [0.25, 0.3) is 5.69 Å². The summed E-state index contributed by atoms with van der Waals surface area (Å²) in [6.45, 7) is 5.77. The van der Waals surface area contributed by atoms with Gasteiger partial charge < -0.3 is 5.32 Å². The third-order valence-electron chi connectivity index (χ3n) is 7.08. The molecular formula is C30H26F4N4O2. The van der Waals surface area contributed by atoms with Crippen LogP contribution in [0.5, 0.6) is 0 Å². The average Bonchev–Trinajstić information content (AvgIpc) is 3.26. The number of amides is 2. The van der Waals surface area contributed by atoms with Crippen molar-refractivity contribution in [2.75, 3.05) is 11.4 Å². The lowest BCUT2D eigenvalue weighted by Gasteiger charge is -2.38. The fraction of sp³-hybridized carbons (Fsp3) is 0.233. The predicted octanol–water partition coefficient (Wildman–Crippen LogP) is 5.94. The maximum Gasteiger partial charge on any atom is 0.416 e. The number of aromatic nitrogens is 2. The topological polar surface area (TPSA) is 67.2 Å². The van der Waals surface area contributed by atoms with Crippen molar-refractivity contribution in [1.82, 2.24) is 15.1 Å². The maximum atomic E-state index is 14.0. The molecule has 0 saturated carbocycles. The molecule has 10 heteroatoms. The fourth-order valence-electron chi connectivity index (χ4n) is 5.14. The molecule has 0 radical (unpaired) electrons. The van der Waals surface area contributed by atoms with Gasteiger partial charge in [0, 0.05) is 23.6 Å². The first-order valence-corrected chi connectivity index (χ1v) is 12.7. The number of hydrogen-bond donors (Lipinski definition) is 1. The summed E-state index contributed by atoms with van der Waals surface area (Å²) in [5.74, 6) is -2.02. The molecule has 2 amide bonds. The van der Waals surface area contributed by atoms with Crippen molar-refractivity contribution in [2.24, 2.45) is 0 Å². The Morgan fingerprint density at radius 3 is 2.30 bits per heavy atom. The second-order valence-electron chi connectivity index (χ2n) is 9.71. The predicted molar refractivity (Wildman–Crippen MR) is 142 cm³/mol. The van der Waals surface area contributed by atoms with Gasteiger partial charge in [0.15, 0.2) is 0 Å². The minimum Gasteiger partial charge on any atom is -0.339 e. The minimum absolute atomic E-state index is 0.235. The fourth-order valence-corrected chi connectivity index (χ4v) is 5.14. The lowest BCUT2D eigenvalue weighted by atomic mass is 9.81. The van der Waals surface area contributed by atoms with Gasteiger partial charge in [-0.3, -0.25) is 14.5 Å². The number of anilines is 1. The number of aryl methyl sites for hydroxylation is 2. The Morgan fingerprint density at radius 2 is 1.68 bits per heavy atom. The molecule has 1 N–H and O–H groups in total. The molecule has 2 unspecified atom stereocenters. The van der Waals surface area contributed by atoms with E-state index in [1.54, 1.807) is 18.5 Å². The van der Waals surface area contributed by atoms with Crippen LogP contribution >= 0.6 is 0 Å². The molecule has 1 aliphatic rings. The summed E-state index contributed by atoms with van der Waals surface area (Å²) >= 11 is 0. The van der Waals surface area contributed by atoms with Gasteiger partial charge in [0.1, 0.15) is 17.7 Å². The zero-order valence-electron chi connectivity index (χ0n) is 22.0. The van der Waals surface area contributed by atoms with Gasteiger partial charge in [-0.15, -0.1) is 0 Å². The number of carbonyl (C=O) groups excluding carboxylic acids is 2. The monoisotopic (exact) mass is 550 g/mol. The summed E-state index contributed by atoms with van der Waals surface area (Å²) in [4.78, 5) is 28.8. The molecule has 1 aliphatic heterocycles. The molecule has 4 aromatic rings. The van der Waals surface area contributed by atoms with Crippen LogP contribution in [0, 0.1) is 19.7 Å². The number of alkyl halides is 3. The number of rotatable bonds is 5. The summed E-state index contributed by atoms with van der Waals surface area (Å²) < 4.78 is 55.5. The second kappa shape index (κ2) is 10.3. The molecule has 0 aliphatic carbocycles. The zero-order valence-corrected chi connectivity index (χ0v) is 22.0. The van der Waals surface area contributed by atoms with Crippen molar-refractivity contribution in [3.8, 4) is 5.69 Å². The first-order valence-electron chi connectivity index (χ1n) is 12.7. The van der Waals surface area contributed by atoms with Crippen LogP contribution in [0.2, 0.25) is 0 Å². The van der Waals surface area contributed by atoms with E-state index in [1.807, 2.05) is 31.2 Å². The quantitative estimate of drug-likeness (QED) is 0.313. The SMILES string of the molecule is CCN1C(=O)C(NC(=O)c2cccc(C(F)(F)F)c2)C(c2ccc(F)cc2)c2c(C)nn(-c3ccc(C)cc3)c21. The molecule has 206 valence electrons. The Balaban J connectivity index is 1.65. The van der Waals surface area contributed by atoms with E-state index in [-0.39, 0.29) is 12.1 Å². The summed E-state index contributed by atoms with van der Waals surface area (Å²) in [6, 6.07) is 16.0. The van der Waals surface area contributed by atoms with Gasteiger partial charge in [0.2, 0.25) is 0 Å². The molecule has 0 fully saturated rings. The number of fused-ring (bicyclic) bond motifs is 1. The molecule has 40 heavy (non-hydrogen) atoms. The Morgan fingerprint density at radius 1 is 1.00 bits per heavy atom. The highest BCUT2D eigenvalue weighted by Gasteiger charge is 2.45. The van der Waals surface area contributed by atoms with E-state index >= 15 is 0 Å². The van der Waals surface area contributed by atoms with Gasteiger partial charge in [0.05, 0.1) is 16.9 Å². The highest BCUT2D eigenvalue weighted by atomic mass is 19.4. The number of hydrogen-bond acceptors (Lipinski definition) is 3. The lowest BCUT2D eigenvalue weighted by Crippen LogP contribution is -2.55. The highest BCUT2D eigenvalue weighted by molar-refractivity contribution is 6.05. The molecule has 0 saturated heterocycles. The zero-order chi connectivity index (χ0) is 28.8. The number of benzene rings is 3. The standard InChI is InChI=1S/C30H26F4N4O2/c1-4-37-28-24(18(3)36-38(28)23-14-8-17(2)9-15-23)25(19-10-12-22(31)13-11-19)26(29(37)40)35-27(39)20-6-5-7-21(16-20)30(32,33)34/h5-16,25-26H,4H2,1-3H3,(H,35,39). The van der Waals surface area contributed by atoms with Crippen LogP contribution in [0.15, 0.2) is 72.8 Å². The Hall–Kier alpha value is -4.47. The molecule has 2 heterocycles. The smallest absolute Gasteiger partial charge is 0.339 e. The Labute approximate surface area is 228 Å². The van der Waals surface area contributed by atoms with Crippen molar-refractivity contribution >= 4 is 17.6 Å². The number of halogens is 4. The number of nitrogens with one attached hydrogen (secondary N) is 1. The number of carbonyl (C=O) groups is 2. The van der Waals surface area contributed by atoms with Crippen molar-refractivity contribution in [3.63, 3.8) is 0 Å². The van der Waals surface area contributed by atoms with E-state index in [0.717, 1.165) is 29.4 Å². The second-order valence-corrected chi connectivity index (χ2v) is 9.71. The first kappa shape index (κ1) is 27.1. The minimum atomic E-state index is -4.64. The van der Waals surface area contributed by atoms with E-state index in [9.17, 15) is 27.2 Å². The van der Waals surface area contributed by atoms with Crippen molar-refractivity contribution in [3.05, 3.63) is 112 Å². The number of likely N-dealkylation sites (N-methyl/N-ethyl adjacent to an activating group) is 1. The van der Waals surface area contributed by atoms with Gasteiger partial charge in [0.25, 0.3) is 11.8 Å². The van der Waals surface area contributed by atoms with Gasteiger partial charge in [-0.05, 0) is 68.8 Å². The summed E-state index contributed by atoms with van der Waals surface area (Å²) in [5.41, 5.74) is 2.36. The normalized spacial score (nSPS) is 17.1. The third kappa shape index (κ3) is 4.85. The van der Waals surface area contributed by atoms with Crippen LogP contribution < -0.4 is 10.2 Å². The molecule has 0 bridgehead atoms. The van der Waals surface area contributed by atoms with Gasteiger partial charge in [-0.25, -0.2) is 9.07 Å². The summed E-state index contributed by atoms with van der Waals surface area (Å²) in [5, 5.41) is 7.43. The van der Waals surface area contributed by atoms with E-state index < -0.39 is 41.3 Å². The molecule has 1 aromatic heterocycles. The van der Waals surface area contributed by atoms with Crippen LogP contribution in [0.4, 0.5) is 23.4 Å². The molecule has 3 aromatic carbocycles. The molecule has 0 spiro atoms. The van der Waals surface area contributed by atoms with Crippen molar-refractivity contribution < 1.29 is 27.2 Å². The maximum absolute atomic E-state index is 14.0.